The summed E-state index contributed by atoms with van der Waals surface area (Å²) in [6, 6.07) is 6.83. The topological polar surface area (TPSA) is 136 Å². The van der Waals surface area contributed by atoms with E-state index >= 15 is 0 Å². The first-order valence-electron chi connectivity index (χ1n) is 7.81. The average Bonchev–Trinajstić information content (AvgIpc) is 3.07. The Bertz CT molecular complexity index is 1150. The molecule has 0 radical (unpaired) electrons. The molecule has 1 aliphatic carbocycles. The Morgan fingerprint density at radius 1 is 1.04 bits per heavy atom. The summed E-state index contributed by atoms with van der Waals surface area (Å²) in [6.07, 6.45) is 2.67. The molecule has 0 amide bonds. The van der Waals surface area contributed by atoms with Crippen molar-refractivity contribution in [3.8, 4) is 11.5 Å². The number of carbonyl (C=O) groups excluding carboxylic acids is 2. The summed E-state index contributed by atoms with van der Waals surface area (Å²) in [5.41, 5.74) is 0.0619. The van der Waals surface area contributed by atoms with E-state index in [2.05, 4.69) is 4.98 Å². The standard InChI is InChI=1S/C18H11N3O6/c22-12-3-1-2-10-14(12)17(25)15-11(16(10)24)6-9(7-13(15)23)8-20-5-4-19-18(20)21(26)27/h1-7,22-23H,8H2. The zero-order chi connectivity index (χ0) is 19.3. The zero-order valence-electron chi connectivity index (χ0n) is 13.6. The lowest BCUT2D eigenvalue weighted by Crippen LogP contribution is -2.21. The maximum absolute atomic E-state index is 12.8. The van der Waals surface area contributed by atoms with Crippen molar-refractivity contribution in [2.24, 2.45) is 0 Å². The van der Waals surface area contributed by atoms with Gasteiger partial charge in [0.25, 0.3) is 0 Å². The summed E-state index contributed by atoms with van der Waals surface area (Å²) in [7, 11) is 0. The second-order valence-corrected chi connectivity index (χ2v) is 6.01. The molecule has 4 rings (SSSR count). The molecule has 0 saturated carbocycles. The van der Waals surface area contributed by atoms with Gasteiger partial charge in [0, 0.05) is 11.1 Å². The number of imidazole rings is 1. The van der Waals surface area contributed by atoms with Gasteiger partial charge in [-0.25, -0.2) is 4.57 Å². The molecule has 9 heteroatoms. The predicted molar refractivity (Wildman–Crippen MR) is 91.1 cm³/mol. The Morgan fingerprint density at radius 3 is 2.52 bits per heavy atom. The number of hydrogen-bond donors (Lipinski definition) is 2. The molecule has 0 spiro atoms. The van der Waals surface area contributed by atoms with E-state index in [0.29, 0.717) is 5.56 Å². The number of rotatable bonds is 3. The SMILES string of the molecule is O=C1c2cccc(O)c2C(=O)c2c(O)cc(Cn3ccnc3[N+](=O)[O-])cc21. The Morgan fingerprint density at radius 2 is 1.78 bits per heavy atom. The molecule has 0 unspecified atom stereocenters. The maximum atomic E-state index is 12.8. The first-order valence-corrected chi connectivity index (χ1v) is 7.81. The van der Waals surface area contributed by atoms with Crippen molar-refractivity contribution in [1.29, 1.82) is 0 Å². The van der Waals surface area contributed by atoms with E-state index in [1.807, 2.05) is 0 Å². The van der Waals surface area contributed by atoms with Gasteiger partial charge in [-0.2, -0.15) is 0 Å². The van der Waals surface area contributed by atoms with Crippen molar-refractivity contribution in [1.82, 2.24) is 9.55 Å². The van der Waals surface area contributed by atoms with Crippen LogP contribution in [0.15, 0.2) is 42.7 Å². The normalized spacial score (nSPS) is 12.6. The summed E-state index contributed by atoms with van der Waals surface area (Å²) in [6.45, 7) is -0.0223. The molecule has 0 bridgehead atoms. The van der Waals surface area contributed by atoms with Gasteiger partial charge in [-0.3, -0.25) is 9.59 Å². The third-order valence-corrected chi connectivity index (χ3v) is 4.37. The number of nitro groups is 1. The molecule has 9 nitrogen and oxygen atoms in total. The Labute approximate surface area is 151 Å². The lowest BCUT2D eigenvalue weighted by molar-refractivity contribution is -0.396. The third-order valence-electron chi connectivity index (χ3n) is 4.37. The molecular weight excluding hydrogens is 354 g/mol. The summed E-state index contributed by atoms with van der Waals surface area (Å²) in [4.78, 5) is 39.5. The number of benzene rings is 2. The molecule has 0 fully saturated rings. The largest absolute Gasteiger partial charge is 0.507 e. The Kier molecular flexibility index (Phi) is 3.51. The second kappa shape index (κ2) is 5.77. The molecule has 27 heavy (non-hydrogen) atoms. The van der Waals surface area contributed by atoms with Crippen molar-refractivity contribution in [3.63, 3.8) is 0 Å². The fourth-order valence-corrected chi connectivity index (χ4v) is 3.23. The van der Waals surface area contributed by atoms with Crippen LogP contribution in [0.3, 0.4) is 0 Å². The molecule has 2 N–H and O–H groups in total. The van der Waals surface area contributed by atoms with Crippen molar-refractivity contribution in [2.75, 3.05) is 0 Å². The van der Waals surface area contributed by atoms with Gasteiger partial charge in [0.15, 0.2) is 5.78 Å². The molecule has 134 valence electrons. The van der Waals surface area contributed by atoms with Gasteiger partial charge in [0.1, 0.15) is 23.9 Å². The highest BCUT2D eigenvalue weighted by Gasteiger charge is 2.34. The number of ketones is 2. The minimum absolute atomic E-state index is 0.0177. The Balaban J connectivity index is 1.83. The van der Waals surface area contributed by atoms with Crippen LogP contribution in [0.4, 0.5) is 5.95 Å². The highest BCUT2D eigenvalue weighted by atomic mass is 16.6. The summed E-state index contributed by atoms with van der Waals surface area (Å²) < 4.78 is 1.25. The lowest BCUT2D eigenvalue weighted by Gasteiger charge is -2.20. The quantitative estimate of drug-likeness (QED) is 0.419. The van der Waals surface area contributed by atoms with Crippen LogP contribution >= 0.6 is 0 Å². The number of hydrogen-bond acceptors (Lipinski definition) is 7. The summed E-state index contributed by atoms with van der Waals surface area (Å²) >= 11 is 0. The van der Waals surface area contributed by atoms with Gasteiger partial charge in [-0.15, -0.1) is 0 Å². The number of aromatic hydroxyl groups is 2. The van der Waals surface area contributed by atoms with Crippen molar-refractivity contribution in [2.45, 2.75) is 6.54 Å². The van der Waals surface area contributed by atoms with Crippen molar-refractivity contribution < 1.29 is 24.7 Å². The number of phenols is 2. The van der Waals surface area contributed by atoms with E-state index in [1.165, 1.54) is 47.3 Å². The zero-order valence-corrected chi connectivity index (χ0v) is 13.6. The van der Waals surface area contributed by atoms with E-state index in [9.17, 15) is 29.9 Å². The first kappa shape index (κ1) is 16.5. The van der Waals surface area contributed by atoms with Crippen LogP contribution in [0.2, 0.25) is 0 Å². The molecule has 0 saturated heterocycles. The van der Waals surface area contributed by atoms with Gasteiger partial charge in [0.05, 0.1) is 17.7 Å². The molecule has 0 aliphatic heterocycles. The highest BCUT2D eigenvalue weighted by Crippen LogP contribution is 2.37. The number of phenolic OH excluding ortho intramolecular Hbond substituents is 2. The molecule has 2 aromatic carbocycles. The van der Waals surface area contributed by atoms with E-state index in [1.54, 1.807) is 0 Å². The van der Waals surface area contributed by atoms with Crippen molar-refractivity contribution >= 4 is 17.5 Å². The van der Waals surface area contributed by atoms with Gasteiger partial charge in [-0.1, -0.05) is 17.1 Å². The number of fused-ring (bicyclic) bond motifs is 2. The van der Waals surface area contributed by atoms with Crippen LogP contribution in [0.1, 0.15) is 37.4 Å². The summed E-state index contributed by atoms with van der Waals surface area (Å²) in [5.74, 6) is -2.33. The van der Waals surface area contributed by atoms with Crippen LogP contribution in [-0.4, -0.2) is 36.3 Å². The van der Waals surface area contributed by atoms with E-state index in [-0.39, 0.29) is 40.5 Å². The maximum Gasteiger partial charge on any atom is 0.434 e. The lowest BCUT2D eigenvalue weighted by atomic mass is 9.82. The first-order chi connectivity index (χ1) is 12.9. The van der Waals surface area contributed by atoms with Gasteiger partial charge in [0.2, 0.25) is 5.78 Å². The fraction of sp³-hybridized carbons (Fsp3) is 0.0556. The van der Waals surface area contributed by atoms with E-state index in [0.717, 1.165) is 0 Å². The second-order valence-electron chi connectivity index (χ2n) is 6.01. The Hall–Kier alpha value is -4.01. The van der Waals surface area contributed by atoms with E-state index < -0.39 is 22.2 Å². The van der Waals surface area contributed by atoms with Crippen LogP contribution in [0.25, 0.3) is 0 Å². The minimum atomic E-state index is -0.657. The fourth-order valence-electron chi connectivity index (χ4n) is 3.23. The van der Waals surface area contributed by atoms with Crippen molar-refractivity contribution in [3.05, 3.63) is 80.7 Å². The molecular formula is C18H11N3O6. The number of nitrogens with zero attached hydrogens (tertiary/aromatic N) is 3. The highest BCUT2D eigenvalue weighted by molar-refractivity contribution is 6.30. The van der Waals surface area contributed by atoms with Gasteiger partial charge >= 0.3 is 5.95 Å². The number of aromatic nitrogens is 2. The molecule has 3 aromatic rings. The third kappa shape index (κ3) is 2.44. The smallest absolute Gasteiger partial charge is 0.434 e. The van der Waals surface area contributed by atoms with E-state index in [4.69, 9.17) is 0 Å². The minimum Gasteiger partial charge on any atom is -0.507 e. The van der Waals surface area contributed by atoms with Gasteiger partial charge < -0.3 is 20.3 Å². The molecule has 1 heterocycles. The number of carbonyl (C=O) groups is 2. The predicted octanol–water partition coefficient (Wildman–Crippen LogP) is 2.03. The molecule has 0 atom stereocenters. The van der Waals surface area contributed by atoms with Crippen LogP contribution in [0.5, 0.6) is 11.5 Å². The van der Waals surface area contributed by atoms with Crippen LogP contribution in [-0.2, 0) is 6.54 Å². The molecule has 1 aromatic heterocycles. The summed E-state index contributed by atoms with van der Waals surface area (Å²) in [5, 5.41) is 31.3. The molecule has 1 aliphatic rings. The van der Waals surface area contributed by atoms with Crippen LogP contribution < -0.4 is 0 Å². The average molecular weight is 365 g/mol. The van der Waals surface area contributed by atoms with Crippen LogP contribution in [0, 0.1) is 10.1 Å². The monoisotopic (exact) mass is 365 g/mol. The van der Waals surface area contributed by atoms with Gasteiger partial charge in [-0.05, 0) is 28.7 Å².